The van der Waals surface area contributed by atoms with Gasteiger partial charge in [0.25, 0.3) is 0 Å². The molecule has 1 aliphatic rings. The Morgan fingerprint density at radius 3 is 2.33 bits per heavy atom. The summed E-state index contributed by atoms with van der Waals surface area (Å²) in [6.07, 6.45) is 2.64. The molecule has 0 spiro atoms. The van der Waals surface area contributed by atoms with Crippen LogP contribution in [0.5, 0.6) is 0 Å². The summed E-state index contributed by atoms with van der Waals surface area (Å²) in [5.74, 6) is 1.56. The van der Waals surface area contributed by atoms with Crippen LogP contribution >= 0.6 is 0 Å². The van der Waals surface area contributed by atoms with Gasteiger partial charge in [0.1, 0.15) is 18.2 Å². The van der Waals surface area contributed by atoms with Gasteiger partial charge in [-0.2, -0.15) is 14.8 Å². The summed E-state index contributed by atoms with van der Waals surface area (Å²) < 4.78 is 1.83. The number of fused-ring (bicyclic) bond motifs is 2. The summed E-state index contributed by atoms with van der Waals surface area (Å²) in [6.45, 7) is 2.90. The second-order valence-corrected chi connectivity index (χ2v) is 12.5. The molecule has 248 valence electrons. The van der Waals surface area contributed by atoms with E-state index in [1.165, 1.54) is 26.9 Å². The van der Waals surface area contributed by atoms with E-state index < -0.39 is 24.3 Å². The molecule has 4 atom stereocenters. The standard InChI is InChI=1S/C36H37N11O2/c1-22-43-45-47(44-22)30-18-29(32(48)33(30)49)46-21-40-31-34(39-20-27(23-10-4-2-5-11-23)24-12-6-3-7-13-24)41-36(42-35(31)46)37-17-16-25-19-38-28-15-9-8-14-26(25)28/h2-15,19,21,27,29-30,32-33,38,48-49H,16-18,20H2,1H3,(H2,37,39,41,42)/t29-,30+,32+,33-/m1/s1. The van der Waals surface area contributed by atoms with Crippen molar-refractivity contribution in [3.05, 3.63) is 120 Å². The molecule has 0 bridgehead atoms. The van der Waals surface area contributed by atoms with Gasteiger partial charge < -0.3 is 30.4 Å². The fourth-order valence-corrected chi connectivity index (χ4v) is 6.94. The van der Waals surface area contributed by atoms with E-state index in [1.807, 2.05) is 35.0 Å². The molecule has 7 aromatic rings. The third kappa shape index (κ3) is 5.98. The van der Waals surface area contributed by atoms with Crippen molar-refractivity contribution in [2.75, 3.05) is 23.7 Å². The fourth-order valence-electron chi connectivity index (χ4n) is 6.94. The minimum Gasteiger partial charge on any atom is -0.388 e. The first kappa shape index (κ1) is 30.7. The Bertz CT molecular complexity index is 2140. The number of nitrogens with one attached hydrogen (secondary N) is 3. The summed E-state index contributed by atoms with van der Waals surface area (Å²) in [7, 11) is 0. The number of imidazole rings is 1. The number of anilines is 2. The molecule has 5 N–H and O–H groups in total. The van der Waals surface area contributed by atoms with Gasteiger partial charge in [0.05, 0.1) is 12.4 Å². The summed E-state index contributed by atoms with van der Waals surface area (Å²) in [5, 5.41) is 42.9. The van der Waals surface area contributed by atoms with Gasteiger partial charge in [0.2, 0.25) is 5.95 Å². The Morgan fingerprint density at radius 2 is 1.59 bits per heavy atom. The van der Waals surface area contributed by atoms with Crippen LogP contribution in [-0.4, -0.2) is 80.2 Å². The SMILES string of the molecule is Cc1nnn([C@H]2C[C@@H](n3cnc4c(NCC(c5ccccc5)c5ccccc5)nc(NCCc5c[nH]c6ccccc56)nc43)[C@H](O)[C@@H]2O)n1. The monoisotopic (exact) mass is 655 g/mol. The average Bonchev–Trinajstić information content (AvgIpc) is 3.92. The van der Waals surface area contributed by atoms with Gasteiger partial charge in [-0.25, -0.2) is 4.98 Å². The van der Waals surface area contributed by atoms with Gasteiger partial charge in [-0.3, -0.25) is 0 Å². The summed E-state index contributed by atoms with van der Waals surface area (Å²) >= 11 is 0. The molecule has 4 aromatic heterocycles. The van der Waals surface area contributed by atoms with Crippen molar-refractivity contribution in [2.45, 2.75) is 50.0 Å². The van der Waals surface area contributed by atoms with E-state index in [1.54, 1.807) is 13.3 Å². The summed E-state index contributed by atoms with van der Waals surface area (Å²) in [4.78, 5) is 19.3. The maximum atomic E-state index is 11.3. The number of aromatic nitrogens is 9. The van der Waals surface area contributed by atoms with Crippen LogP contribution in [0.4, 0.5) is 11.8 Å². The van der Waals surface area contributed by atoms with E-state index in [0.717, 1.165) is 11.9 Å². The third-order valence-corrected chi connectivity index (χ3v) is 9.45. The zero-order chi connectivity index (χ0) is 33.3. The largest absolute Gasteiger partial charge is 0.388 e. The number of benzene rings is 3. The van der Waals surface area contributed by atoms with E-state index in [2.05, 4.69) is 91.7 Å². The lowest BCUT2D eigenvalue weighted by atomic mass is 9.91. The lowest BCUT2D eigenvalue weighted by molar-refractivity contribution is 0.00474. The van der Waals surface area contributed by atoms with Crippen molar-refractivity contribution in [2.24, 2.45) is 0 Å². The van der Waals surface area contributed by atoms with Crippen LogP contribution in [0.25, 0.3) is 22.1 Å². The molecule has 1 fully saturated rings. The molecule has 0 unspecified atom stereocenters. The van der Waals surface area contributed by atoms with Crippen LogP contribution in [0.15, 0.2) is 97.5 Å². The smallest absolute Gasteiger partial charge is 0.226 e. The van der Waals surface area contributed by atoms with Crippen molar-refractivity contribution < 1.29 is 10.2 Å². The quantitative estimate of drug-likeness (QED) is 0.135. The number of tetrazole rings is 1. The minimum atomic E-state index is -1.10. The molecule has 1 saturated carbocycles. The van der Waals surface area contributed by atoms with Crippen LogP contribution in [0.2, 0.25) is 0 Å². The molecule has 1 aliphatic carbocycles. The number of aliphatic hydroxyl groups excluding tert-OH is 2. The van der Waals surface area contributed by atoms with Gasteiger partial charge in [-0.05, 0) is 47.7 Å². The van der Waals surface area contributed by atoms with Gasteiger partial charge in [-0.1, -0.05) is 78.9 Å². The Morgan fingerprint density at radius 1 is 0.878 bits per heavy atom. The Labute approximate surface area is 282 Å². The van der Waals surface area contributed by atoms with Gasteiger partial charge in [-0.15, -0.1) is 10.2 Å². The molecule has 8 rings (SSSR count). The van der Waals surface area contributed by atoms with Crippen LogP contribution in [0.3, 0.4) is 0 Å². The van der Waals surface area contributed by atoms with Crippen LogP contribution < -0.4 is 10.6 Å². The summed E-state index contributed by atoms with van der Waals surface area (Å²) in [6, 6.07) is 28.0. The van der Waals surface area contributed by atoms with Crippen molar-refractivity contribution in [3.8, 4) is 0 Å². The highest BCUT2D eigenvalue weighted by molar-refractivity contribution is 5.85. The zero-order valence-corrected chi connectivity index (χ0v) is 26.9. The Balaban J connectivity index is 1.12. The Kier molecular flexibility index (Phi) is 8.19. The number of rotatable bonds is 11. The van der Waals surface area contributed by atoms with Crippen LogP contribution in [0, 0.1) is 6.92 Å². The molecule has 0 radical (unpaired) electrons. The predicted molar refractivity (Wildman–Crippen MR) is 186 cm³/mol. The number of hydrogen-bond donors (Lipinski definition) is 5. The fraction of sp³-hybridized carbons (Fsp3) is 0.278. The third-order valence-electron chi connectivity index (χ3n) is 9.45. The highest BCUT2D eigenvalue weighted by Crippen LogP contribution is 2.39. The molecule has 3 aromatic carbocycles. The van der Waals surface area contributed by atoms with Crippen molar-refractivity contribution >= 4 is 33.8 Å². The number of aryl methyl sites for hydroxylation is 1. The van der Waals surface area contributed by atoms with E-state index in [-0.39, 0.29) is 5.92 Å². The highest BCUT2D eigenvalue weighted by atomic mass is 16.3. The molecular formula is C36H37N11O2. The van der Waals surface area contributed by atoms with Gasteiger partial charge >= 0.3 is 0 Å². The molecule has 0 aliphatic heterocycles. The molecular weight excluding hydrogens is 618 g/mol. The number of aliphatic hydroxyl groups is 2. The lowest BCUT2D eigenvalue weighted by Gasteiger charge is -2.20. The first-order chi connectivity index (χ1) is 24.0. The number of hydrogen-bond acceptors (Lipinski definition) is 10. The normalized spacial score (nSPS) is 19.3. The first-order valence-electron chi connectivity index (χ1n) is 16.5. The molecule has 49 heavy (non-hydrogen) atoms. The van der Waals surface area contributed by atoms with Gasteiger partial charge in [0, 0.05) is 36.1 Å². The zero-order valence-electron chi connectivity index (χ0n) is 26.9. The summed E-state index contributed by atoms with van der Waals surface area (Å²) in [5.41, 5.74) is 5.78. The maximum absolute atomic E-state index is 11.3. The van der Waals surface area contributed by atoms with E-state index >= 15 is 0 Å². The van der Waals surface area contributed by atoms with E-state index in [9.17, 15) is 10.2 Å². The molecule has 13 heteroatoms. The van der Waals surface area contributed by atoms with Crippen LogP contribution in [-0.2, 0) is 6.42 Å². The second-order valence-electron chi connectivity index (χ2n) is 12.5. The highest BCUT2D eigenvalue weighted by Gasteiger charge is 2.45. The molecule has 0 saturated heterocycles. The maximum Gasteiger partial charge on any atom is 0.226 e. The van der Waals surface area contributed by atoms with Crippen molar-refractivity contribution in [1.82, 2.24) is 44.7 Å². The Hall–Kier alpha value is -5.66. The molecule has 13 nitrogen and oxygen atoms in total. The predicted octanol–water partition coefficient (Wildman–Crippen LogP) is 4.41. The second kappa shape index (κ2) is 13.1. The topological polar surface area (TPSA) is 168 Å². The van der Waals surface area contributed by atoms with E-state index in [0.29, 0.717) is 48.3 Å². The van der Waals surface area contributed by atoms with E-state index in [4.69, 9.17) is 15.0 Å². The number of aromatic amines is 1. The number of H-pyrrole nitrogens is 1. The molecule has 4 heterocycles. The molecule has 0 amide bonds. The first-order valence-corrected chi connectivity index (χ1v) is 16.5. The number of nitrogens with zero attached hydrogens (tertiary/aromatic N) is 8. The van der Waals surface area contributed by atoms with Crippen LogP contribution in [0.1, 0.15) is 46.9 Å². The average molecular weight is 656 g/mol. The van der Waals surface area contributed by atoms with Crippen molar-refractivity contribution in [3.63, 3.8) is 0 Å². The minimum absolute atomic E-state index is 0.0546. The van der Waals surface area contributed by atoms with Crippen molar-refractivity contribution in [1.29, 1.82) is 0 Å². The number of para-hydroxylation sites is 1. The van der Waals surface area contributed by atoms with Gasteiger partial charge in [0.15, 0.2) is 22.8 Å². The lowest BCUT2D eigenvalue weighted by Crippen LogP contribution is -2.31.